The Hall–Kier alpha value is -1.20. The van der Waals surface area contributed by atoms with E-state index in [1.54, 1.807) is 6.20 Å². The van der Waals surface area contributed by atoms with Crippen LogP contribution in [-0.2, 0) is 11.2 Å². The second-order valence-corrected chi connectivity index (χ2v) is 6.00. The first-order valence-electron chi connectivity index (χ1n) is 5.61. The summed E-state index contributed by atoms with van der Waals surface area (Å²) in [4.78, 5) is 16.9. The topological polar surface area (TPSA) is 42.0 Å². The molecule has 0 saturated carbocycles. The van der Waals surface area contributed by atoms with Crippen molar-refractivity contribution >= 4 is 38.3 Å². The number of rotatable bonds is 4. The van der Waals surface area contributed by atoms with Gasteiger partial charge in [-0.1, -0.05) is 34.1 Å². The number of carbonyl (C=O) groups excluding carboxylic acids is 1. The largest absolute Gasteiger partial charge is 0.302 e. The Balaban J connectivity index is 1.87. The van der Waals surface area contributed by atoms with E-state index in [2.05, 4.69) is 26.2 Å². The third-order valence-electron chi connectivity index (χ3n) is 2.45. The van der Waals surface area contributed by atoms with Gasteiger partial charge in [-0.25, -0.2) is 4.98 Å². The third-order valence-corrected chi connectivity index (χ3v) is 4.05. The van der Waals surface area contributed by atoms with Crippen LogP contribution in [0.5, 0.6) is 0 Å². The number of amides is 1. The van der Waals surface area contributed by atoms with Crippen molar-refractivity contribution in [2.24, 2.45) is 0 Å². The molecule has 2 rings (SSSR count). The Kier molecular flexibility index (Phi) is 4.49. The van der Waals surface area contributed by atoms with Crippen molar-refractivity contribution in [2.45, 2.75) is 19.8 Å². The summed E-state index contributed by atoms with van der Waals surface area (Å²) in [7, 11) is 0. The van der Waals surface area contributed by atoms with Gasteiger partial charge < -0.3 is 5.32 Å². The highest BCUT2D eigenvalue weighted by Gasteiger charge is 2.07. The van der Waals surface area contributed by atoms with E-state index in [9.17, 15) is 4.79 Å². The number of aryl methyl sites for hydroxylation is 2. The predicted molar refractivity (Wildman–Crippen MR) is 77.9 cm³/mol. The summed E-state index contributed by atoms with van der Waals surface area (Å²) in [5.74, 6) is 0.0000954. The number of nitrogens with zero attached hydrogens (tertiary/aromatic N) is 1. The molecule has 2 aromatic rings. The molecule has 5 heteroatoms. The molecule has 0 atom stereocenters. The molecule has 0 fully saturated rings. The third kappa shape index (κ3) is 3.65. The minimum absolute atomic E-state index is 0.0000954. The highest BCUT2D eigenvalue weighted by molar-refractivity contribution is 9.10. The van der Waals surface area contributed by atoms with Crippen molar-refractivity contribution in [3.8, 4) is 0 Å². The van der Waals surface area contributed by atoms with E-state index in [0.29, 0.717) is 11.6 Å². The van der Waals surface area contributed by atoms with Crippen LogP contribution >= 0.6 is 27.3 Å². The zero-order valence-electron chi connectivity index (χ0n) is 9.94. The average Bonchev–Trinajstić information content (AvgIpc) is 2.74. The summed E-state index contributed by atoms with van der Waals surface area (Å²) in [5.41, 5.74) is 1.14. The number of hydrogen-bond acceptors (Lipinski definition) is 3. The van der Waals surface area contributed by atoms with Crippen molar-refractivity contribution < 1.29 is 4.79 Å². The van der Waals surface area contributed by atoms with Gasteiger partial charge in [0.05, 0.1) is 0 Å². The van der Waals surface area contributed by atoms with E-state index in [-0.39, 0.29) is 5.91 Å². The number of hydrogen-bond donors (Lipinski definition) is 1. The second-order valence-electron chi connectivity index (χ2n) is 3.92. The molecular weight excluding hydrogens is 312 g/mol. The van der Waals surface area contributed by atoms with Crippen LogP contribution in [0.15, 0.2) is 34.9 Å². The van der Waals surface area contributed by atoms with Crippen LogP contribution in [0, 0.1) is 6.92 Å². The van der Waals surface area contributed by atoms with Gasteiger partial charge in [0, 0.05) is 22.0 Å². The minimum atomic E-state index is 0.0000954. The highest BCUT2D eigenvalue weighted by atomic mass is 79.9. The van der Waals surface area contributed by atoms with Gasteiger partial charge in [0.25, 0.3) is 0 Å². The van der Waals surface area contributed by atoms with Crippen molar-refractivity contribution in [3.63, 3.8) is 0 Å². The van der Waals surface area contributed by atoms with Crippen LogP contribution in [-0.4, -0.2) is 10.9 Å². The fourth-order valence-corrected chi connectivity index (χ4v) is 2.71. The standard InChI is InChI=1S/C13H13BrN2OS/c1-9-8-15-13(18-9)16-12(17)7-6-10-4-2-3-5-11(10)14/h2-5,8H,6-7H2,1H3,(H,15,16,17). The molecule has 3 nitrogen and oxygen atoms in total. The molecular formula is C13H13BrN2OS. The zero-order chi connectivity index (χ0) is 13.0. The molecule has 1 N–H and O–H groups in total. The SMILES string of the molecule is Cc1cnc(NC(=O)CCc2ccccc2Br)s1. The van der Waals surface area contributed by atoms with E-state index >= 15 is 0 Å². The van der Waals surface area contributed by atoms with Crippen LogP contribution < -0.4 is 5.32 Å². The highest BCUT2D eigenvalue weighted by Crippen LogP contribution is 2.19. The van der Waals surface area contributed by atoms with Crippen molar-refractivity contribution in [2.75, 3.05) is 5.32 Å². The molecule has 1 aromatic heterocycles. The molecule has 0 aliphatic heterocycles. The number of carbonyl (C=O) groups is 1. The quantitative estimate of drug-likeness (QED) is 0.929. The number of benzene rings is 1. The molecule has 0 aliphatic carbocycles. The Morgan fingerprint density at radius 1 is 1.44 bits per heavy atom. The first kappa shape index (κ1) is 13.2. The van der Waals surface area contributed by atoms with Crippen molar-refractivity contribution in [1.29, 1.82) is 0 Å². The monoisotopic (exact) mass is 324 g/mol. The van der Waals surface area contributed by atoms with E-state index in [1.165, 1.54) is 11.3 Å². The fourth-order valence-electron chi connectivity index (χ4n) is 1.54. The number of nitrogens with one attached hydrogen (secondary N) is 1. The lowest BCUT2D eigenvalue weighted by Crippen LogP contribution is -2.12. The van der Waals surface area contributed by atoms with Gasteiger partial charge in [0.2, 0.25) is 5.91 Å². The van der Waals surface area contributed by atoms with Crippen LogP contribution in [0.25, 0.3) is 0 Å². The summed E-state index contributed by atoms with van der Waals surface area (Å²) in [6.45, 7) is 1.97. The zero-order valence-corrected chi connectivity index (χ0v) is 12.3. The van der Waals surface area contributed by atoms with Gasteiger partial charge in [-0.05, 0) is 25.0 Å². The van der Waals surface area contributed by atoms with E-state index in [1.807, 2.05) is 31.2 Å². The molecule has 0 radical (unpaired) electrons. The Bertz CT molecular complexity index is 553. The Labute approximate surface area is 118 Å². The number of anilines is 1. The maximum atomic E-state index is 11.7. The smallest absolute Gasteiger partial charge is 0.226 e. The Morgan fingerprint density at radius 2 is 2.22 bits per heavy atom. The molecule has 0 aliphatic rings. The minimum Gasteiger partial charge on any atom is -0.302 e. The molecule has 1 heterocycles. The van der Waals surface area contributed by atoms with Crippen LogP contribution in [0.4, 0.5) is 5.13 Å². The molecule has 0 spiro atoms. The number of thiazole rings is 1. The van der Waals surface area contributed by atoms with E-state index in [4.69, 9.17) is 0 Å². The van der Waals surface area contributed by atoms with Gasteiger partial charge in [-0.2, -0.15) is 0 Å². The summed E-state index contributed by atoms with van der Waals surface area (Å²) >= 11 is 4.96. The van der Waals surface area contributed by atoms with Crippen molar-refractivity contribution in [3.05, 3.63) is 45.4 Å². The molecule has 0 bridgehead atoms. The first-order valence-corrected chi connectivity index (χ1v) is 7.22. The summed E-state index contributed by atoms with van der Waals surface area (Å²) in [6, 6.07) is 7.94. The average molecular weight is 325 g/mol. The van der Waals surface area contributed by atoms with Gasteiger partial charge in [0.1, 0.15) is 0 Å². The molecule has 0 saturated heterocycles. The van der Waals surface area contributed by atoms with E-state index < -0.39 is 0 Å². The van der Waals surface area contributed by atoms with E-state index in [0.717, 1.165) is 21.3 Å². The maximum absolute atomic E-state index is 11.7. The lowest BCUT2D eigenvalue weighted by molar-refractivity contribution is -0.116. The normalized spacial score (nSPS) is 10.3. The van der Waals surface area contributed by atoms with Crippen LogP contribution in [0.3, 0.4) is 0 Å². The summed E-state index contributed by atoms with van der Waals surface area (Å²) in [6.07, 6.45) is 2.94. The van der Waals surface area contributed by atoms with Crippen LogP contribution in [0.2, 0.25) is 0 Å². The predicted octanol–water partition coefficient (Wildman–Crippen LogP) is 3.79. The first-order chi connectivity index (χ1) is 8.65. The van der Waals surface area contributed by atoms with Gasteiger partial charge in [0.15, 0.2) is 5.13 Å². The van der Waals surface area contributed by atoms with Gasteiger partial charge in [-0.3, -0.25) is 4.79 Å². The van der Waals surface area contributed by atoms with Crippen molar-refractivity contribution in [1.82, 2.24) is 4.98 Å². The molecule has 1 aromatic carbocycles. The molecule has 18 heavy (non-hydrogen) atoms. The summed E-state index contributed by atoms with van der Waals surface area (Å²) < 4.78 is 1.04. The lowest BCUT2D eigenvalue weighted by Gasteiger charge is -2.04. The number of halogens is 1. The summed E-state index contributed by atoms with van der Waals surface area (Å²) in [5, 5.41) is 3.48. The molecule has 94 valence electrons. The van der Waals surface area contributed by atoms with Gasteiger partial charge in [-0.15, -0.1) is 11.3 Å². The maximum Gasteiger partial charge on any atom is 0.226 e. The Morgan fingerprint density at radius 3 is 2.89 bits per heavy atom. The van der Waals surface area contributed by atoms with Gasteiger partial charge >= 0.3 is 0 Å². The fraction of sp³-hybridized carbons (Fsp3) is 0.231. The van der Waals surface area contributed by atoms with Crippen LogP contribution in [0.1, 0.15) is 16.9 Å². The number of aromatic nitrogens is 1. The molecule has 1 amide bonds. The molecule has 0 unspecified atom stereocenters. The lowest BCUT2D eigenvalue weighted by atomic mass is 10.1. The second kappa shape index (κ2) is 6.11.